The summed E-state index contributed by atoms with van der Waals surface area (Å²) in [5, 5.41) is 36.1. The number of phenols is 2. The van der Waals surface area contributed by atoms with E-state index in [0.29, 0.717) is 5.69 Å². The molecule has 0 aliphatic carbocycles. The number of nitrogens with zero attached hydrogens (tertiary/aromatic N) is 4. The molecule has 30 heavy (non-hydrogen) atoms. The molecular formula is C20H18N4O5S. The molecular weight excluding hydrogens is 408 g/mol. The van der Waals surface area contributed by atoms with Crippen LogP contribution in [0, 0.1) is 13.8 Å². The highest BCUT2D eigenvalue weighted by molar-refractivity contribution is 7.85. The van der Waals surface area contributed by atoms with Crippen LogP contribution in [-0.4, -0.2) is 23.2 Å². The lowest BCUT2D eigenvalue weighted by Crippen LogP contribution is -1.96. The average molecular weight is 426 g/mol. The van der Waals surface area contributed by atoms with Crippen LogP contribution in [0.3, 0.4) is 0 Å². The van der Waals surface area contributed by atoms with Crippen LogP contribution in [-0.2, 0) is 10.1 Å². The molecule has 154 valence electrons. The third-order valence-electron chi connectivity index (χ3n) is 4.32. The van der Waals surface area contributed by atoms with Crippen molar-refractivity contribution in [2.24, 2.45) is 20.5 Å². The van der Waals surface area contributed by atoms with Crippen molar-refractivity contribution in [2.75, 3.05) is 0 Å². The summed E-state index contributed by atoms with van der Waals surface area (Å²) in [5.41, 5.74) is 3.05. The topological polar surface area (TPSA) is 144 Å². The van der Waals surface area contributed by atoms with Crippen LogP contribution in [0.15, 0.2) is 79.9 Å². The summed E-state index contributed by atoms with van der Waals surface area (Å²) in [6.07, 6.45) is 0. The smallest absolute Gasteiger partial charge is 0.294 e. The molecule has 0 saturated heterocycles. The summed E-state index contributed by atoms with van der Waals surface area (Å²) < 4.78 is 31.1. The maximum absolute atomic E-state index is 11.1. The summed E-state index contributed by atoms with van der Waals surface area (Å²) >= 11 is 0. The van der Waals surface area contributed by atoms with E-state index in [-0.39, 0.29) is 33.5 Å². The Morgan fingerprint density at radius 3 is 1.90 bits per heavy atom. The minimum Gasteiger partial charge on any atom is -0.505 e. The van der Waals surface area contributed by atoms with Gasteiger partial charge >= 0.3 is 0 Å². The fourth-order valence-corrected chi connectivity index (χ4v) is 2.94. The summed E-state index contributed by atoms with van der Waals surface area (Å²) in [5.74, 6) is -0.602. The molecule has 3 aromatic rings. The molecule has 0 atom stereocenters. The van der Waals surface area contributed by atoms with E-state index in [4.69, 9.17) is 4.55 Å². The van der Waals surface area contributed by atoms with Gasteiger partial charge in [-0.1, -0.05) is 12.1 Å². The number of hydrogen-bond acceptors (Lipinski definition) is 8. The number of rotatable bonds is 5. The molecule has 0 fully saturated rings. The zero-order chi connectivity index (χ0) is 21.9. The van der Waals surface area contributed by atoms with Gasteiger partial charge in [0.2, 0.25) is 0 Å². The Balaban J connectivity index is 1.88. The van der Waals surface area contributed by atoms with Gasteiger partial charge in [-0.15, -0.1) is 10.2 Å². The van der Waals surface area contributed by atoms with Crippen LogP contribution in [0.1, 0.15) is 11.1 Å². The van der Waals surface area contributed by atoms with Gasteiger partial charge in [0.05, 0.1) is 16.3 Å². The molecule has 9 nitrogen and oxygen atoms in total. The van der Waals surface area contributed by atoms with Crippen molar-refractivity contribution in [2.45, 2.75) is 18.7 Å². The first-order valence-corrected chi connectivity index (χ1v) is 10.1. The first kappa shape index (κ1) is 21.1. The van der Waals surface area contributed by atoms with Gasteiger partial charge in [0, 0.05) is 12.1 Å². The largest absolute Gasteiger partial charge is 0.505 e. The Bertz CT molecular complexity index is 1250. The molecule has 0 aromatic heterocycles. The number of phenolic OH excluding ortho intramolecular Hbond substituents is 2. The standard InChI is InChI=1S/C20H18N4O5S/c1-12-4-3-5-16(13(12)2)22-24-18-10-17(19(25)11-20(18)26)23-21-14-6-8-15(9-7-14)30(27,28)29/h3-11,25-26H,1-2H3,(H,27,28,29). The monoisotopic (exact) mass is 426 g/mol. The van der Waals surface area contributed by atoms with Crippen LogP contribution in [0.25, 0.3) is 0 Å². The maximum Gasteiger partial charge on any atom is 0.294 e. The van der Waals surface area contributed by atoms with Crippen LogP contribution in [0.4, 0.5) is 22.7 Å². The molecule has 0 bridgehead atoms. The normalized spacial score (nSPS) is 12.1. The minimum absolute atomic E-state index is 0.0292. The Morgan fingerprint density at radius 1 is 0.733 bits per heavy atom. The van der Waals surface area contributed by atoms with E-state index in [2.05, 4.69) is 20.5 Å². The van der Waals surface area contributed by atoms with Crippen molar-refractivity contribution < 1.29 is 23.2 Å². The van der Waals surface area contributed by atoms with E-state index < -0.39 is 10.1 Å². The third kappa shape index (κ3) is 4.85. The first-order valence-electron chi connectivity index (χ1n) is 8.68. The quantitative estimate of drug-likeness (QED) is 0.349. The molecule has 0 amide bonds. The highest BCUT2D eigenvalue weighted by Gasteiger charge is 2.10. The molecule has 0 aliphatic heterocycles. The van der Waals surface area contributed by atoms with Gasteiger partial charge in [-0.25, -0.2) is 0 Å². The van der Waals surface area contributed by atoms with E-state index in [1.54, 1.807) is 6.07 Å². The average Bonchev–Trinajstić information content (AvgIpc) is 2.69. The predicted octanol–water partition coefficient (Wildman–Crippen LogP) is 5.79. The van der Waals surface area contributed by atoms with Crippen molar-refractivity contribution in [3.63, 3.8) is 0 Å². The van der Waals surface area contributed by atoms with Gasteiger partial charge in [-0.3, -0.25) is 4.55 Å². The number of benzene rings is 3. The molecule has 0 spiro atoms. The molecule has 0 aliphatic rings. The molecule has 0 heterocycles. The summed E-state index contributed by atoms with van der Waals surface area (Å²) in [6, 6.07) is 13.0. The summed E-state index contributed by atoms with van der Waals surface area (Å²) in [4.78, 5) is -0.275. The molecule has 3 N–H and O–H groups in total. The zero-order valence-electron chi connectivity index (χ0n) is 16.1. The van der Waals surface area contributed by atoms with Crippen molar-refractivity contribution in [1.29, 1.82) is 0 Å². The van der Waals surface area contributed by atoms with E-state index in [0.717, 1.165) is 17.2 Å². The van der Waals surface area contributed by atoms with Gasteiger partial charge in [0.25, 0.3) is 10.1 Å². The summed E-state index contributed by atoms with van der Waals surface area (Å²) in [7, 11) is -4.30. The van der Waals surface area contributed by atoms with Crippen LogP contribution >= 0.6 is 0 Å². The zero-order valence-corrected chi connectivity index (χ0v) is 16.9. The van der Waals surface area contributed by atoms with E-state index in [1.165, 1.54) is 30.3 Å². The van der Waals surface area contributed by atoms with E-state index in [1.807, 2.05) is 26.0 Å². The number of hydrogen-bond donors (Lipinski definition) is 3. The second-order valence-electron chi connectivity index (χ2n) is 6.42. The highest BCUT2D eigenvalue weighted by Crippen LogP contribution is 2.40. The lowest BCUT2D eigenvalue weighted by Gasteiger charge is -2.04. The maximum atomic E-state index is 11.1. The number of aryl methyl sites for hydroxylation is 1. The molecule has 3 aromatic carbocycles. The molecule has 0 unspecified atom stereocenters. The molecule has 0 radical (unpaired) electrons. The van der Waals surface area contributed by atoms with Gasteiger partial charge in [-0.05, 0) is 55.3 Å². The van der Waals surface area contributed by atoms with Gasteiger partial charge in [-0.2, -0.15) is 18.6 Å². The van der Waals surface area contributed by atoms with Gasteiger partial charge in [0.1, 0.15) is 22.9 Å². The van der Waals surface area contributed by atoms with Crippen LogP contribution in [0.2, 0.25) is 0 Å². The Labute approximate surface area is 172 Å². The van der Waals surface area contributed by atoms with Gasteiger partial charge < -0.3 is 10.2 Å². The van der Waals surface area contributed by atoms with Crippen molar-refractivity contribution in [1.82, 2.24) is 0 Å². The predicted molar refractivity (Wildman–Crippen MR) is 110 cm³/mol. The fraction of sp³-hybridized carbons (Fsp3) is 0.100. The Kier molecular flexibility index (Phi) is 5.90. The second kappa shape index (κ2) is 8.39. The fourth-order valence-electron chi connectivity index (χ4n) is 2.46. The lowest BCUT2D eigenvalue weighted by molar-refractivity contribution is 0.452. The van der Waals surface area contributed by atoms with E-state index >= 15 is 0 Å². The SMILES string of the molecule is Cc1cccc(N=Nc2cc(N=Nc3ccc(S(=O)(=O)O)cc3)c(O)cc2O)c1C. The minimum atomic E-state index is -4.30. The molecule has 0 saturated carbocycles. The van der Waals surface area contributed by atoms with Crippen molar-refractivity contribution >= 4 is 32.9 Å². The van der Waals surface area contributed by atoms with Crippen molar-refractivity contribution in [3.8, 4) is 11.5 Å². The Morgan fingerprint density at radius 2 is 1.30 bits per heavy atom. The number of azo groups is 2. The lowest BCUT2D eigenvalue weighted by atomic mass is 10.1. The van der Waals surface area contributed by atoms with Crippen LogP contribution < -0.4 is 0 Å². The Hall–Kier alpha value is -3.63. The van der Waals surface area contributed by atoms with E-state index in [9.17, 15) is 18.6 Å². The van der Waals surface area contributed by atoms with Crippen molar-refractivity contribution in [3.05, 3.63) is 65.7 Å². The summed E-state index contributed by atoms with van der Waals surface area (Å²) in [6.45, 7) is 3.86. The van der Waals surface area contributed by atoms with Crippen LogP contribution in [0.5, 0.6) is 11.5 Å². The van der Waals surface area contributed by atoms with Gasteiger partial charge in [0.15, 0.2) is 0 Å². The third-order valence-corrected chi connectivity index (χ3v) is 5.19. The number of aromatic hydroxyl groups is 2. The second-order valence-corrected chi connectivity index (χ2v) is 7.84. The molecule has 3 rings (SSSR count). The highest BCUT2D eigenvalue weighted by atomic mass is 32.2. The first-order chi connectivity index (χ1) is 14.1. The molecule has 10 heteroatoms.